The molecule has 2 saturated heterocycles. The maximum atomic E-state index is 12.4. The van der Waals surface area contributed by atoms with Crippen molar-refractivity contribution in [3.8, 4) is 0 Å². The number of aromatic nitrogens is 1. The smallest absolute Gasteiger partial charge is 0.224 e. The molecule has 2 bridgehead atoms. The van der Waals surface area contributed by atoms with Crippen LogP contribution in [0, 0.1) is 5.92 Å². The summed E-state index contributed by atoms with van der Waals surface area (Å²) in [5.41, 5.74) is 1.98. The standard InChI is InChI=1S/C19H23N3OS.ClH/c23-18(9-11-7-13-3-4-14(8-11)20-13)21-15-5-6-16-17(10-15)24-19(22-16)12-1-2-12;/h5-6,10-14,20H,1-4,7-9H2,(H,21,23);1H. The van der Waals surface area contributed by atoms with E-state index in [1.165, 1.54) is 35.4 Å². The van der Waals surface area contributed by atoms with E-state index in [1.54, 1.807) is 11.3 Å². The number of hydrogen-bond donors (Lipinski definition) is 2. The second-order valence-corrected chi connectivity index (χ2v) is 8.80. The van der Waals surface area contributed by atoms with Crippen LogP contribution in [0.1, 0.15) is 55.9 Å². The van der Waals surface area contributed by atoms with Crippen LogP contribution < -0.4 is 10.6 Å². The Morgan fingerprint density at radius 3 is 2.68 bits per heavy atom. The number of rotatable bonds is 4. The molecule has 3 heterocycles. The molecule has 1 aromatic carbocycles. The van der Waals surface area contributed by atoms with Crippen molar-refractivity contribution in [2.45, 2.75) is 62.9 Å². The molecule has 25 heavy (non-hydrogen) atoms. The predicted octanol–water partition coefficient (Wildman–Crippen LogP) is 4.45. The highest BCUT2D eigenvalue weighted by Gasteiger charge is 2.34. The van der Waals surface area contributed by atoms with Crippen LogP contribution in [-0.4, -0.2) is 23.0 Å². The van der Waals surface area contributed by atoms with Crippen LogP contribution in [0.5, 0.6) is 0 Å². The summed E-state index contributed by atoms with van der Waals surface area (Å²) in [7, 11) is 0. The zero-order valence-electron chi connectivity index (χ0n) is 14.2. The number of carbonyl (C=O) groups is 1. The molecule has 3 fully saturated rings. The van der Waals surface area contributed by atoms with Crippen LogP contribution in [0.25, 0.3) is 10.2 Å². The van der Waals surface area contributed by atoms with E-state index in [2.05, 4.69) is 16.7 Å². The molecule has 2 unspecified atom stereocenters. The lowest BCUT2D eigenvalue weighted by molar-refractivity contribution is -0.117. The summed E-state index contributed by atoms with van der Waals surface area (Å²) in [6.45, 7) is 0. The van der Waals surface area contributed by atoms with Crippen molar-refractivity contribution in [2.24, 2.45) is 5.92 Å². The Bertz CT molecular complexity index is 776. The van der Waals surface area contributed by atoms with Crippen molar-refractivity contribution in [3.05, 3.63) is 23.2 Å². The number of thiazole rings is 1. The van der Waals surface area contributed by atoms with Gasteiger partial charge in [-0.2, -0.15) is 0 Å². The van der Waals surface area contributed by atoms with E-state index in [9.17, 15) is 4.79 Å². The maximum Gasteiger partial charge on any atom is 0.224 e. The molecule has 2 atom stereocenters. The van der Waals surface area contributed by atoms with Crippen molar-refractivity contribution in [3.63, 3.8) is 0 Å². The minimum atomic E-state index is 0. The third-order valence-electron chi connectivity index (χ3n) is 5.66. The number of amides is 1. The first kappa shape index (κ1) is 17.3. The van der Waals surface area contributed by atoms with Gasteiger partial charge in [0, 0.05) is 30.1 Å². The van der Waals surface area contributed by atoms with Gasteiger partial charge in [0.05, 0.1) is 15.2 Å². The minimum Gasteiger partial charge on any atom is -0.326 e. The van der Waals surface area contributed by atoms with E-state index in [4.69, 9.17) is 4.98 Å². The molecule has 1 aromatic heterocycles. The monoisotopic (exact) mass is 377 g/mol. The van der Waals surface area contributed by atoms with Gasteiger partial charge in [-0.05, 0) is 62.6 Å². The Morgan fingerprint density at radius 2 is 1.96 bits per heavy atom. The second-order valence-electron chi connectivity index (χ2n) is 7.74. The molecule has 6 heteroatoms. The van der Waals surface area contributed by atoms with Gasteiger partial charge in [-0.25, -0.2) is 4.98 Å². The van der Waals surface area contributed by atoms with E-state index in [0.29, 0.717) is 30.3 Å². The first-order valence-corrected chi connectivity index (χ1v) is 10.0. The summed E-state index contributed by atoms with van der Waals surface area (Å²) in [6.07, 6.45) is 8.10. The van der Waals surface area contributed by atoms with Gasteiger partial charge >= 0.3 is 0 Å². The zero-order chi connectivity index (χ0) is 16.1. The zero-order valence-corrected chi connectivity index (χ0v) is 15.8. The van der Waals surface area contributed by atoms with E-state index >= 15 is 0 Å². The van der Waals surface area contributed by atoms with Gasteiger partial charge in [0.2, 0.25) is 5.91 Å². The van der Waals surface area contributed by atoms with Crippen LogP contribution in [0.4, 0.5) is 5.69 Å². The number of hydrogen-bond acceptors (Lipinski definition) is 4. The first-order valence-electron chi connectivity index (χ1n) is 9.19. The average Bonchev–Trinajstić information content (AvgIpc) is 3.24. The number of nitrogens with zero attached hydrogens (tertiary/aromatic N) is 1. The molecule has 1 aliphatic carbocycles. The Hall–Kier alpha value is -1.17. The highest BCUT2D eigenvalue weighted by molar-refractivity contribution is 7.18. The SMILES string of the molecule is Cl.O=C(CC1CC2CCC(C1)N2)Nc1ccc2nc(C3CC3)sc2c1. The summed E-state index contributed by atoms with van der Waals surface area (Å²) < 4.78 is 1.19. The molecule has 1 amide bonds. The number of piperidine rings is 1. The molecule has 2 N–H and O–H groups in total. The van der Waals surface area contributed by atoms with Gasteiger partial charge < -0.3 is 10.6 Å². The lowest BCUT2D eigenvalue weighted by Crippen LogP contribution is -2.39. The maximum absolute atomic E-state index is 12.4. The van der Waals surface area contributed by atoms with Crippen molar-refractivity contribution in [2.75, 3.05) is 5.32 Å². The van der Waals surface area contributed by atoms with Gasteiger partial charge in [-0.15, -0.1) is 23.7 Å². The molecular weight excluding hydrogens is 354 g/mol. The molecule has 0 spiro atoms. The second kappa shape index (κ2) is 6.86. The summed E-state index contributed by atoms with van der Waals surface area (Å²) in [6, 6.07) is 7.41. The Morgan fingerprint density at radius 1 is 1.20 bits per heavy atom. The van der Waals surface area contributed by atoms with Crippen molar-refractivity contribution < 1.29 is 4.79 Å². The van der Waals surface area contributed by atoms with Crippen molar-refractivity contribution in [1.29, 1.82) is 0 Å². The number of benzene rings is 1. The summed E-state index contributed by atoms with van der Waals surface area (Å²) in [4.78, 5) is 17.1. The third kappa shape index (κ3) is 3.69. The van der Waals surface area contributed by atoms with E-state index in [1.807, 2.05) is 12.1 Å². The normalized spacial score (nSPS) is 27.9. The van der Waals surface area contributed by atoms with Gasteiger partial charge in [0.1, 0.15) is 0 Å². The lowest BCUT2D eigenvalue weighted by atomic mass is 9.89. The molecule has 5 rings (SSSR count). The minimum absolute atomic E-state index is 0. The largest absolute Gasteiger partial charge is 0.326 e. The lowest BCUT2D eigenvalue weighted by Gasteiger charge is -2.28. The molecule has 1 saturated carbocycles. The Balaban J connectivity index is 0.00000157. The highest BCUT2D eigenvalue weighted by Crippen LogP contribution is 2.43. The number of anilines is 1. The molecule has 0 radical (unpaired) electrons. The predicted molar refractivity (Wildman–Crippen MR) is 105 cm³/mol. The summed E-state index contributed by atoms with van der Waals surface area (Å²) in [5, 5.41) is 8.01. The Kier molecular flexibility index (Phi) is 4.73. The Labute approximate surface area is 158 Å². The quantitative estimate of drug-likeness (QED) is 0.827. The van der Waals surface area contributed by atoms with Gasteiger partial charge in [0.25, 0.3) is 0 Å². The number of nitrogens with one attached hydrogen (secondary N) is 2. The van der Waals surface area contributed by atoms with Crippen LogP contribution in [-0.2, 0) is 4.79 Å². The highest BCUT2D eigenvalue weighted by atomic mass is 35.5. The molecule has 134 valence electrons. The summed E-state index contributed by atoms with van der Waals surface area (Å²) in [5.74, 6) is 1.39. The van der Waals surface area contributed by atoms with E-state index in [0.717, 1.165) is 24.0 Å². The summed E-state index contributed by atoms with van der Waals surface area (Å²) >= 11 is 1.78. The number of carbonyl (C=O) groups excluding carboxylic acids is 1. The number of fused-ring (bicyclic) bond motifs is 3. The molecule has 3 aliphatic rings. The van der Waals surface area contributed by atoms with E-state index in [-0.39, 0.29) is 18.3 Å². The van der Waals surface area contributed by atoms with Gasteiger partial charge in [-0.1, -0.05) is 0 Å². The third-order valence-corrected chi connectivity index (χ3v) is 6.84. The van der Waals surface area contributed by atoms with Gasteiger partial charge in [0.15, 0.2) is 0 Å². The number of halogens is 1. The fourth-order valence-electron chi connectivity index (χ4n) is 4.34. The fourth-order valence-corrected chi connectivity index (χ4v) is 5.52. The van der Waals surface area contributed by atoms with Crippen molar-refractivity contribution in [1.82, 2.24) is 10.3 Å². The van der Waals surface area contributed by atoms with Crippen molar-refractivity contribution >= 4 is 45.6 Å². The molecule has 2 aliphatic heterocycles. The van der Waals surface area contributed by atoms with Crippen LogP contribution in [0.3, 0.4) is 0 Å². The van der Waals surface area contributed by atoms with Crippen LogP contribution in [0.2, 0.25) is 0 Å². The van der Waals surface area contributed by atoms with Crippen LogP contribution >= 0.6 is 23.7 Å². The average molecular weight is 378 g/mol. The molecule has 2 aromatic rings. The van der Waals surface area contributed by atoms with E-state index < -0.39 is 0 Å². The van der Waals surface area contributed by atoms with Gasteiger partial charge in [-0.3, -0.25) is 4.79 Å². The molecular formula is C19H24ClN3OS. The molecule has 4 nitrogen and oxygen atoms in total. The fraction of sp³-hybridized carbons (Fsp3) is 0.579. The topological polar surface area (TPSA) is 54.0 Å². The van der Waals surface area contributed by atoms with Crippen LogP contribution in [0.15, 0.2) is 18.2 Å². The first-order chi connectivity index (χ1) is 11.7.